The minimum absolute atomic E-state index is 0.0476. The number of tetrazole rings is 1. The fourth-order valence-corrected chi connectivity index (χ4v) is 2.74. The van der Waals surface area contributed by atoms with Gasteiger partial charge in [-0.15, -0.1) is 5.10 Å². The van der Waals surface area contributed by atoms with E-state index >= 15 is 0 Å². The van der Waals surface area contributed by atoms with E-state index in [9.17, 15) is 14.9 Å². The zero-order chi connectivity index (χ0) is 19.1. The number of nitro groups is 1. The van der Waals surface area contributed by atoms with Crippen LogP contribution in [0.2, 0.25) is 0 Å². The first-order chi connectivity index (χ1) is 13.1. The molecule has 0 fully saturated rings. The van der Waals surface area contributed by atoms with Crippen LogP contribution < -0.4 is 5.43 Å². The Kier molecular flexibility index (Phi) is 5.84. The fraction of sp³-hybridized carbons (Fsp3) is 0.0625. The molecule has 0 radical (unpaired) electrons. The van der Waals surface area contributed by atoms with E-state index in [1.165, 1.54) is 23.0 Å². The number of nitro benzene ring substituents is 1. The lowest BCUT2D eigenvalue weighted by molar-refractivity contribution is -0.384. The molecule has 10 nitrogen and oxygen atoms in total. The largest absolute Gasteiger partial charge is 0.272 e. The highest BCUT2D eigenvalue weighted by Crippen LogP contribution is 2.17. The van der Waals surface area contributed by atoms with Gasteiger partial charge in [-0.2, -0.15) is 9.78 Å². The van der Waals surface area contributed by atoms with Crippen molar-refractivity contribution in [1.29, 1.82) is 0 Å². The summed E-state index contributed by atoms with van der Waals surface area (Å²) in [5, 5.41) is 26.4. The van der Waals surface area contributed by atoms with Crippen molar-refractivity contribution in [2.75, 3.05) is 5.75 Å². The highest BCUT2D eigenvalue weighted by Gasteiger charge is 2.11. The quantitative estimate of drug-likeness (QED) is 0.285. The summed E-state index contributed by atoms with van der Waals surface area (Å²) in [5.41, 5.74) is 3.61. The molecule has 0 unspecified atom stereocenters. The number of nitrogens with one attached hydrogen (secondary N) is 1. The number of amides is 1. The summed E-state index contributed by atoms with van der Waals surface area (Å²) in [7, 11) is 0. The van der Waals surface area contributed by atoms with Crippen molar-refractivity contribution in [1.82, 2.24) is 25.6 Å². The second-order valence-electron chi connectivity index (χ2n) is 5.14. The number of non-ortho nitro benzene ring substituents is 1. The molecule has 1 aromatic heterocycles. The third-order valence-electron chi connectivity index (χ3n) is 3.26. The van der Waals surface area contributed by atoms with Crippen LogP contribution in [0, 0.1) is 10.1 Å². The van der Waals surface area contributed by atoms with Gasteiger partial charge in [0.05, 0.1) is 22.6 Å². The van der Waals surface area contributed by atoms with Crippen LogP contribution in [0.4, 0.5) is 5.69 Å². The molecular formula is C16H13N7O3S. The maximum Gasteiger partial charge on any atom is 0.270 e. The van der Waals surface area contributed by atoms with E-state index in [4.69, 9.17) is 0 Å². The molecule has 3 aromatic rings. The van der Waals surface area contributed by atoms with Gasteiger partial charge >= 0.3 is 0 Å². The molecule has 0 atom stereocenters. The van der Waals surface area contributed by atoms with E-state index in [2.05, 4.69) is 26.1 Å². The van der Waals surface area contributed by atoms with E-state index in [-0.39, 0.29) is 17.3 Å². The highest BCUT2D eigenvalue weighted by atomic mass is 32.2. The fourth-order valence-electron chi connectivity index (χ4n) is 2.06. The Hall–Kier alpha value is -3.60. The van der Waals surface area contributed by atoms with Gasteiger partial charge in [0.25, 0.3) is 11.6 Å². The summed E-state index contributed by atoms with van der Waals surface area (Å²) >= 11 is 1.16. The Balaban J connectivity index is 1.55. The summed E-state index contributed by atoms with van der Waals surface area (Å²) in [5.74, 6) is -0.302. The first kappa shape index (κ1) is 18.2. The normalized spacial score (nSPS) is 10.8. The minimum Gasteiger partial charge on any atom is -0.272 e. The summed E-state index contributed by atoms with van der Waals surface area (Å²) in [6, 6.07) is 15.2. The van der Waals surface area contributed by atoms with E-state index in [1.54, 1.807) is 12.1 Å². The van der Waals surface area contributed by atoms with Gasteiger partial charge < -0.3 is 0 Å². The number of nitrogens with zero attached hydrogens (tertiary/aromatic N) is 6. The van der Waals surface area contributed by atoms with Crippen molar-refractivity contribution in [2.45, 2.75) is 5.16 Å². The van der Waals surface area contributed by atoms with Crippen LogP contribution in [0.15, 0.2) is 64.9 Å². The van der Waals surface area contributed by atoms with Crippen LogP contribution in [-0.2, 0) is 4.79 Å². The molecule has 0 bridgehead atoms. The number of benzene rings is 2. The standard InChI is InChI=1S/C16H13N7O3S/c24-15(18-17-10-12-5-4-8-14(9-12)23(25)26)11-27-16-19-20-21-22(16)13-6-2-1-3-7-13/h1-10H,11H2,(H,18,24)/b17-10-. The predicted octanol–water partition coefficient (Wildman–Crippen LogP) is 1.81. The zero-order valence-electron chi connectivity index (χ0n) is 13.8. The van der Waals surface area contributed by atoms with Gasteiger partial charge in [0.1, 0.15) is 0 Å². The monoisotopic (exact) mass is 383 g/mol. The van der Waals surface area contributed by atoms with E-state index in [1.807, 2.05) is 30.3 Å². The van der Waals surface area contributed by atoms with Gasteiger partial charge in [-0.1, -0.05) is 42.1 Å². The summed E-state index contributed by atoms with van der Waals surface area (Å²) < 4.78 is 1.53. The van der Waals surface area contributed by atoms with Gasteiger partial charge in [0.2, 0.25) is 5.16 Å². The van der Waals surface area contributed by atoms with Crippen molar-refractivity contribution < 1.29 is 9.72 Å². The molecule has 136 valence electrons. The van der Waals surface area contributed by atoms with E-state index in [0.717, 1.165) is 17.4 Å². The first-order valence-corrected chi connectivity index (χ1v) is 8.65. The van der Waals surface area contributed by atoms with Crippen LogP contribution in [0.25, 0.3) is 5.69 Å². The molecule has 0 saturated carbocycles. The third-order valence-corrected chi connectivity index (χ3v) is 4.18. The molecule has 1 amide bonds. The number of hydrogen-bond acceptors (Lipinski definition) is 8. The molecule has 1 N–H and O–H groups in total. The van der Waals surface area contributed by atoms with E-state index < -0.39 is 4.92 Å². The Labute approximate surface area is 157 Å². The van der Waals surface area contributed by atoms with Crippen molar-refractivity contribution in [3.8, 4) is 5.69 Å². The first-order valence-electron chi connectivity index (χ1n) is 7.66. The second kappa shape index (κ2) is 8.67. The lowest BCUT2D eigenvalue weighted by Gasteiger charge is -2.03. The van der Waals surface area contributed by atoms with Crippen molar-refractivity contribution in [2.24, 2.45) is 5.10 Å². The predicted molar refractivity (Wildman–Crippen MR) is 98.7 cm³/mol. The zero-order valence-corrected chi connectivity index (χ0v) is 14.6. The Bertz CT molecular complexity index is 975. The highest BCUT2D eigenvalue weighted by molar-refractivity contribution is 7.99. The molecule has 1 heterocycles. The molecule has 11 heteroatoms. The minimum atomic E-state index is -0.497. The second-order valence-corrected chi connectivity index (χ2v) is 6.09. The van der Waals surface area contributed by atoms with Crippen molar-refractivity contribution in [3.63, 3.8) is 0 Å². The molecule has 0 aliphatic rings. The Morgan fingerprint density at radius 1 is 1.26 bits per heavy atom. The molecule has 27 heavy (non-hydrogen) atoms. The molecule has 2 aromatic carbocycles. The lowest BCUT2D eigenvalue weighted by Crippen LogP contribution is -2.20. The number of rotatable bonds is 7. The maximum absolute atomic E-state index is 11.9. The maximum atomic E-state index is 11.9. The van der Waals surface area contributed by atoms with Crippen LogP contribution in [-0.4, -0.2) is 43.0 Å². The summed E-state index contributed by atoms with van der Waals surface area (Å²) in [6.45, 7) is 0. The number of hydrogen-bond donors (Lipinski definition) is 1. The average molecular weight is 383 g/mol. The average Bonchev–Trinajstić information content (AvgIpc) is 3.16. The summed E-state index contributed by atoms with van der Waals surface area (Å²) in [4.78, 5) is 22.2. The summed E-state index contributed by atoms with van der Waals surface area (Å²) in [6.07, 6.45) is 1.34. The number of carbonyl (C=O) groups excluding carboxylic acids is 1. The van der Waals surface area contributed by atoms with Gasteiger partial charge in [0, 0.05) is 17.7 Å². The van der Waals surface area contributed by atoms with E-state index in [0.29, 0.717) is 10.7 Å². The third kappa shape index (κ3) is 4.95. The number of aromatic nitrogens is 4. The van der Waals surface area contributed by atoms with Crippen LogP contribution in [0.5, 0.6) is 0 Å². The van der Waals surface area contributed by atoms with Gasteiger partial charge in [-0.3, -0.25) is 14.9 Å². The van der Waals surface area contributed by atoms with Crippen LogP contribution in [0.1, 0.15) is 5.56 Å². The number of thioether (sulfide) groups is 1. The van der Waals surface area contributed by atoms with Crippen molar-refractivity contribution >= 4 is 29.6 Å². The van der Waals surface area contributed by atoms with Crippen LogP contribution in [0.3, 0.4) is 0 Å². The number of hydrazone groups is 1. The topological polar surface area (TPSA) is 128 Å². The number of carbonyl (C=O) groups is 1. The SMILES string of the molecule is O=C(CSc1nnnn1-c1ccccc1)N/N=C\c1cccc([N+](=O)[O-])c1. The van der Waals surface area contributed by atoms with Gasteiger partial charge in [-0.05, 0) is 22.6 Å². The molecule has 0 spiro atoms. The number of para-hydroxylation sites is 1. The smallest absolute Gasteiger partial charge is 0.270 e. The molecular weight excluding hydrogens is 370 g/mol. The molecule has 0 aliphatic heterocycles. The lowest BCUT2D eigenvalue weighted by atomic mass is 10.2. The Morgan fingerprint density at radius 3 is 2.85 bits per heavy atom. The van der Waals surface area contributed by atoms with Gasteiger partial charge in [0.15, 0.2) is 0 Å². The molecule has 0 aliphatic carbocycles. The molecule has 3 rings (SSSR count). The molecule has 0 saturated heterocycles. The van der Waals surface area contributed by atoms with Crippen LogP contribution >= 0.6 is 11.8 Å². The van der Waals surface area contributed by atoms with Gasteiger partial charge in [-0.25, -0.2) is 5.43 Å². The Morgan fingerprint density at radius 2 is 2.07 bits per heavy atom. The van der Waals surface area contributed by atoms with Crippen molar-refractivity contribution in [3.05, 3.63) is 70.3 Å².